The quantitative estimate of drug-likeness (QED) is 0.244. The van der Waals surface area contributed by atoms with Crippen LogP contribution in [-0.4, -0.2) is 6.61 Å². The molecule has 0 saturated heterocycles. The molecule has 1 aliphatic heterocycles. The standard InChI is InChI=1S/C37H29NO2/c1-25-23-28(26-19-21-27(22-20-26)36(38)40-29-11-3-2-4-12-29)24-39-35-18-10-9-17-34(35)37(25)32-15-7-5-13-30(32)31-14-6-8-16-33(31)37/h2-23,36H,1,24,38H2/b28-23+. The van der Waals surface area contributed by atoms with Gasteiger partial charge < -0.3 is 9.47 Å². The van der Waals surface area contributed by atoms with Gasteiger partial charge in [-0.1, -0.05) is 122 Å². The van der Waals surface area contributed by atoms with Gasteiger partial charge in [-0.05, 0) is 57.2 Å². The van der Waals surface area contributed by atoms with Gasteiger partial charge in [-0.25, -0.2) is 0 Å². The Morgan fingerprint density at radius 2 is 1.25 bits per heavy atom. The first-order chi connectivity index (χ1) is 19.7. The first kappa shape index (κ1) is 24.2. The summed E-state index contributed by atoms with van der Waals surface area (Å²) in [4.78, 5) is 0. The Balaban J connectivity index is 1.32. The van der Waals surface area contributed by atoms with Crippen LogP contribution < -0.4 is 15.2 Å². The van der Waals surface area contributed by atoms with Crippen LogP contribution in [0.1, 0.15) is 34.0 Å². The van der Waals surface area contributed by atoms with Gasteiger partial charge in [-0.2, -0.15) is 0 Å². The second-order valence-electron chi connectivity index (χ2n) is 10.3. The zero-order valence-electron chi connectivity index (χ0n) is 22.1. The van der Waals surface area contributed by atoms with Crippen molar-refractivity contribution in [2.45, 2.75) is 11.6 Å². The minimum atomic E-state index is -0.560. The second kappa shape index (κ2) is 9.71. The number of hydrogen-bond acceptors (Lipinski definition) is 3. The predicted molar refractivity (Wildman–Crippen MR) is 161 cm³/mol. The molecule has 1 unspecified atom stereocenters. The minimum Gasteiger partial charge on any atom is -0.489 e. The van der Waals surface area contributed by atoms with Gasteiger partial charge in [0.05, 0.1) is 5.41 Å². The average Bonchev–Trinajstić information content (AvgIpc) is 3.31. The number of para-hydroxylation sites is 2. The van der Waals surface area contributed by atoms with E-state index >= 15 is 0 Å². The molecule has 2 aliphatic rings. The molecule has 194 valence electrons. The Morgan fingerprint density at radius 3 is 1.93 bits per heavy atom. The molecule has 0 radical (unpaired) electrons. The number of allylic oxidation sites excluding steroid dienone is 2. The van der Waals surface area contributed by atoms with Gasteiger partial charge in [0.1, 0.15) is 18.1 Å². The summed E-state index contributed by atoms with van der Waals surface area (Å²) in [6.45, 7) is 5.18. The maximum atomic E-state index is 6.56. The van der Waals surface area contributed by atoms with Crippen LogP contribution in [-0.2, 0) is 5.41 Å². The van der Waals surface area contributed by atoms with Gasteiger partial charge in [0, 0.05) is 11.1 Å². The lowest BCUT2D eigenvalue weighted by Gasteiger charge is -2.37. The number of fused-ring (bicyclic) bond motifs is 7. The van der Waals surface area contributed by atoms with Crippen LogP contribution in [0.3, 0.4) is 0 Å². The second-order valence-corrected chi connectivity index (χ2v) is 10.3. The summed E-state index contributed by atoms with van der Waals surface area (Å²) < 4.78 is 12.5. The van der Waals surface area contributed by atoms with E-state index in [1.165, 1.54) is 22.3 Å². The summed E-state index contributed by atoms with van der Waals surface area (Å²) in [5, 5.41) is 0. The van der Waals surface area contributed by atoms with Crippen LogP contribution in [0.2, 0.25) is 0 Å². The van der Waals surface area contributed by atoms with Crippen molar-refractivity contribution >= 4 is 5.57 Å². The predicted octanol–water partition coefficient (Wildman–Crippen LogP) is 8.07. The third kappa shape index (κ3) is 3.78. The monoisotopic (exact) mass is 519 g/mol. The molecule has 0 bridgehead atoms. The Morgan fingerprint density at radius 1 is 0.675 bits per heavy atom. The largest absolute Gasteiger partial charge is 0.489 e. The molecule has 5 aromatic carbocycles. The molecular weight excluding hydrogens is 490 g/mol. The van der Waals surface area contributed by atoms with Gasteiger partial charge in [-0.15, -0.1) is 0 Å². The van der Waals surface area contributed by atoms with Gasteiger partial charge in [0.2, 0.25) is 0 Å². The molecule has 1 heterocycles. The van der Waals surface area contributed by atoms with E-state index in [0.29, 0.717) is 6.61 Å². The van der Waals surface area contributed by atoms with Gasteiger partial charge in [0.15, 0.2) is 6.23 Å². The Labute approximate surface area is 234 Å². The maximum Gasteiger partial charge on any atom is 0.174 e. The molecule has 3 heteroatoms. The molecule has 0 saturated carbocycles. The molecule has 5 aromatic rings. The van der Waals surface area contributed by atoms with Gasteiger partial charge in [0.25, 0.3) is 0 Å². The van der Waals surface area contributed by atoms with E-state index in [4.69, 9.17) is 21.8 Å². The Bertz CT molecular complexity index is 1710. The van der Waals surface area contributed by atoms with Crippen LogP contribution in [0.5, 0.6) is 11.5 Å². The van der Waals surface area contributed by atoms with E-state index in [0.717, 1.165) is 39.3 Å². The van der Waals surface area contributed by atoms with Crippen molar-refractivity contribution in [2.75, 3.05) is 6.61 Å². The SMILES string of the molecule is C=C1/C=C(/c2ccc(C(N)Oc3ccccc3)cc2)COc2ccccc2C12c1ccccc1-c1ccccc12. The van der Waals surface area contributed by atoms with Crippen molar-refractivity contribution < 1.29 is 9.47 Å². The fourth-order valence-corrected chi connectivity index (χ4v) is 6.23. The van der Waals surface area contributed by atoms with Crippen molar-refractivity contribution in [3.63, 3.8) is 0 Å². The third-order valence-electron chi connectivity index (χ3n) is 8.07. The minimum absolute atomic E-state index is 0.432. The first-order valence-electron chi connectivity index (χ1n) is 13.6. The molecule has 3 nitrogen and oxygen atoms in total. The van der Waals surface area contributed by atoms with E-state index in [9.17, 15) is 0 Å². The number of rotatable bonds is 4. The highest BCUT2D eigenvalue weighted by molar-refractivity contribution is 5.88. The van der Waals surface area contributed by atoms with Crippen LogP contribution >= 0.6 is 0 Å². The van der Waals surface area contributed by atoms with Crippen molar-refractivity contribution in [2.24, 2.45) is 5.73 Å². The van der Waals surface area contributed by atoms with Crippen LogP contribution in [0, 0.1) is 0 Å². The molecule has 0 amide bonds. The van der Waals surface area contributed by atoms with E-state index in [2.05, 4.69) is 84.9 Å². The lowest BCUT2D eigenvalue weighted by Crippen LogP contribution is -2.30. The summed E-state index contributed by atoms with van der Waals surface area (Å²) in [6.07, 6.45) is 1.65. The summed E-state index contributed by atoms with van der Waals surface area (Å²) in [5.74, 6) is 1.61. The maximum absolute atomic E-state index is 6.56. The molecule has 0 aromatic heterocycles. The topological polar surface area (TPSA) is 44.5 Å². The normalized spacial score (nSPS) is 16.8. The summed E-state index contributed by atoms with van der Waals surface area (Å²) >= 11 is 0. The zero-order valence-corrected chi connectivity index (χ0v) is 22.1. The molecule has 7 rings (SSSR count). The van der Waals surface area contributed by atoms with Crippen molar-refractivity contribution in [3.8, 4) is 22.6 Å². The smallest absolute Gasteiger partial charge is 0.174 e. The van der Waals surface area contributed by atoms with Crippen molar-refractivity contribution in [1.29, 1.82) is 0 Å². The first-order valence-corrected chi connectivity index (χ1v) is 13.6. The number of ether oxygens (including phenoxy) is 2. The fraction of sp³-hybridized carbons (Fsp3) is 0.0811. The molecule has 2 N–H and O–H groups in total. The number of nitrogens with two attached hydrogens (primary N) is 1. The van der Waals surface area contributed by atoms with E-state index in [1.807, 2.05) is 48.5 Å². The summed E-state index contributed by atoms with van der Waals surface area (Å²) in [5.41, 5.74) is 15.9. The van der Waals surface area contributed by atoms with E-state index < -0.39 is 11.6 Å². The third-order valence-corrected chi connectivity index (χ3v) is 8.07. The zero-order chi connectivity index (χ0) is 27.1. The van der Waals surface area contributed by atoms with Gasteiger partial charge in [-0.3, -0.25) is 5.73 Å². The lowest BCUT2D eigenvalue weighted by molar-refractivity contribution is 0.214. The molecule has 1 aliphatic carbocycles. The number of benzene rings is 5. The highest BCUT2D eigenvalue weighted by Gasteiger charge is 2.48. The molecule has 1 atom stereocenters. The molecule has 0 fully saturated rings. The highest BCUT2D eigenvalue weighted by atomic mass is 16.5. The summed E-state index contributed by atoms with van der Waals surface area (Å²) in [6, 6.07) is 43.6. The van der Waals surface area contributed by atoms with Crippen LogP contribution in [0.25, 0.3) is 16.7 Å². The number of hydrogen-bond donors (Lipinski definition) is 1. The molecular formula is C37H29NO2. The fourth-order valence-electron chi connectivity index (χ4n) is 6.23. The summed E-state index contributed by atoms with van der Waals surface area (Å²) in [7, 11) is 0. The Hall–Kier alpha value is -4.86. The van der Waals surface area contributed by atoms with Gasteiger partial charge >= 0.3 is 0 Å². The van der Waals surface area contributed by atoms with E-state index in [-0.39, 0.29) is 0 Å². The lowest BCUT2D eigenvalue weighted by atomic mass is 9.66. The molecule has 40 heavy (non-hydrogen) atoms. The average molecular weight is 520 g/mol. The van der Waals surface area contributed by atoms with Crippen molar-refractivity contribution in [1.82, 2.24) is 0 Å². The van der Waals surface area contributed by atoms with Crippen molar-refractivity contribution in [3.05, 3.63) is 173 Å². The van der Waals surface area contributed by atoms with Crippen LogP contribution in [0.4, 0.5) is 0 Å². The van der Waals surface area contributed by atoms with Crippen LogP contribution in [0.15, 0.2) is 146 Å². The highest BCUT2D eigenvalue weighted by Crippen LogP contribution is 2.58. The molecule has 1 spiro atoms. The van der Waals surface area contributed by atoms with E-state index in [1.54, 1.807) is 0 Å². The Kier molecular flexibility index (Phi) is 5.87.